The normalized spacial score (nSPS) is 15.2. The summed E-state index contributed by atoms with van der Waals surface area (Å²) >= 11 is 0. The van der Waals surface area contributed by atoms with Gasteiger partial charge in [-0.2, -0.15) is 0 Å². The SMILES string of the molecule is O=C(COC(=O)c1ccco1)NC(=O)NC1CCCCC1. The van der Waals surface area contributed by atoms with Gasteiger partial charge in [0.2, 0.25) is 5.76 Å². The van der Waals surface area contributed by atoms with E-state index in [4.69, 9.17) is 9.15 Å². The van der Waals surface area contributed by atoms with Crippen molar-refractivity contribution in [3.05, 3.63) is 24.2 Å². The molecule has 0 bridgehead atoms. The quantitative estimate of drug-likeness (QED) is 0.822. The number of carbonyl (C=O) groups excluding carboxylic acids is 3. The molecule has 7 heteroatoms. The lowest BCUT2D eigenvalue weighted by Gasteiger charge is -2.22. The predicted molar refractivity (Wildman–Crippen MR) is 72.5 cm³/mol. The Labute approximate surface area is 122 Å². The molecule has 1 fully saturated rings. The molecular formula is C14H18N2O5. The number of esters is 1. The van der Waals surface area contributed by atoms with E-state index in [1.807, 2.05) is 0 Å². The summed E-state index contributed by atoms with van der Waals surface area (Å²) in [5.41, 5.74) is 0. The number of nitrogens with one attached hydrogen (secondary N) is 2. The molecule has 7 nitrogen and oxygen atoms in total. The molecule has 1 heterocycles. The molecule has 1 aromatic rings. The van der Waals surface area contributed by atoms with Crippen molar-refractivity contribution in [2.45, 2.75) is 38.1 Å². The molecule has 2 rings (SSSR count). The summed E-state index contributed by atoms with van der Waals surface area (Å²) in [6.45, 7) is -0.530. The van der Waals surface area contributed by atoms with Crippen LogP contribution in [0.5, 0.6) is 0 Å². The molecule has 1 saturated carbocycles. The first kappa shape index (κ1) is 15.1. The second-order valence-electron chi connectivity index (χ2n) is 4.91. The molecule has 0 spiro atoms. The van der Waals surface area contributed by atoms with Crippen LogP contribution in [0.25, 0.3) is 0 Å². The minimum atomic E-state index is -0.747. The fourth-order valence-corrected chi connectivity index (χ4v) is 2.23. The molecule has 1 aliphatic carbocycles. The highest BCUT2D eigenvalue weighted by Gasteiger charge is 2.18. The monoisotopic (exact) mass is 294 g/mol. The van der Waals surface area contributed by atoms with Gasteiger partial charge < -0.3 is 14.5 Å². The average molecular weight is 294 g/mol. The van der Waals surface area contributed by atoms with E-state index in [9.17, 15) is 14.4 Å². The first-order chi connectivity index (χ1) is 10.1. The van der Waals surface area contributed by atoms with Gasteiger partial charge in [-0.25, -0.2) is 9.59 Å². The summed E-state index contributed by atoms with van der Waals surface area (Å²) in [5, 5.41) is 4.87. The van der Waals surface area contributed by atoms with Gasteiger partial charge in [0.25, 0.3) is 5.91 Å². The van der Waals surface area contributed by atoms with Gasteiger partial charge in [0.15, 0.2) is 6.61 Å². The Morgan fingerprint density at radius 3 is 2.67 bits per heavy atom. The molecule has 0 unspecified atom stereocenters. The van der Waals surface area contributed by atoms with Crippen LogP contribution in [0.1, 0.15) is 42.7 Å². The van der Waals surface area contributed by atoms with Crippen molar-refractivity contribution in [2.75, 3.05) is 6.61 Å². The Hall–Kier alpha value is -2.31. The van der Waals surface area contributed by atoms with Crippen molar-refractivity contribution in [1.29, 1.82) is 0 Å². The van der Waals surface area contributed by atoms with Crippen LogP contribution in [-0.2, 0) is 9.53 Å². The Balaban J connectivity index is 1.66. The first-order valence-electron chi connectivity index (χ1n) is 6.96. The molecule has 0 saturated heterocycles. The molecular weight excluding hydrogens is 276 g/mol. The fraction of sp³-hybridized carbons (Fsp3) is 0.500. The van der Waals surface area contributed by atoms with Crippen LogP contribution in [0.3, 0.4) is 0 Å². The van der Waals surface area contributed by atoms with Gasteiger partial charge in [-0.3, -0.25) is 10.1 Å². The van der Waals surface area contributed by atoms with Gasteiger partial charge in [0.1, 0.15) is 0 Å². The second kappa shape index (κ2) is 7.47. The molecule has 0 aliphatic heterocycles. The molecule has 0 aromatic carbocycles. The zero-order valence-corrected chi connectivity index (χ0v) is 11.6. The highest BCUT2D eigenvalue weighted by atomic mass is 16.5. The summed E-state index contributed by atoms with van der Waals surface area (Å²) < 4.78 is 9.54. The van der Waals surface area contributed by atoms with Gasteiger partial charge >= 0.3 is 12.0 Å². The summed E-state index contributed by atoms with van der Waals surface area (Å²) in [6.07, 6.45) is 6.53. The van der Waals surface area contributed by atoms with Crippen LogP contribution in [0.4, 0.5) is 4.79 Å². The topological polar surface area (TPSA) is 97.6 Å². The van der Waals surface area contributed by atoms with E-state index < -0.39 is 24.5 Å². The molecule has 3 amide bonds. The summed E-state index contributed by atoms with van der Waals surface area (Å²) in [4.78, 5) is 34.5. The maximum Gasteiger partial charge on any atom is 0.374 e. The minimum absolute atomic E-state index is 0.00876. The van der Waals surface area contributed by atoms with E-state index >= 15 is 0 Å². The molecule has 1 aliphatic rings. The van der Waals surface area contributed by atoms with Gasteiger partial charge in [-0.15, -0.1) is 0 Å². The lowest BCUT2D eigenvalue weighted by atomic mass is 9.96. The molecule has 2 N–H and O–H groups in total. The summed E-state index contributed by atoms with van der Waals surface area (Å²) in [5.74, 6) is -1.42. The Kier molecular flexibility index (Phi) is 5.36. The zero-order valence-electron chi connectivity index (χ0n) is 11.6. The third-order valence-electron chi connectivity index (χ3n) is 3.25. The number of furan rings is 1. The van der Waals surface area contributed by atoms with Crippen molar-refractivity contribution >= 4 is 17.9 Å². The van der Waals surface area contributed by atoms with Crippen molar-refractivity contribution in [1.82, 2.24) is 10.6 Å². The number of carbonyl (C=O) groups is 3. The number of urea groups is 1. The number of hydrogen-bond acceptors (Lipinski definition) is 5. The van der Waals surface area contributed by atoms with E-state index in [2.05, 4.69) is 10.6 Å². The zero-order chi connectivity index (χ0) is 15.1. The second-order valence-corrected chi connectivity index (χ2v) is 4.91. The first-order valence-corrected chi connectivity index (χ1v) is 6.96. The fourth-order valence-electron chi connectivity index (χ4n) is 2.23. The van der Waals surface area contributed by atoms with Crippen molar-refractivity contribution in [3.8, 4) is 0 Å². The number of rotatable bonds is 4. The lowest BCUT2D eigenvalue weighted by Crippen LogP contribution is -2.46. The third-order valence-corrected chi connectivity index (χ3v) is 3.25. The van der Waals surface area contributed by atoms with Crippen molar-refractivity contribution < 1.29 is 23.5 Å². The van der Waals surface area contributed by atoms with Crippen LogP contribution >= 0.6 is 0 Å². The van der Waals surface area contributed by atoms with Crippen LogP contribution in [-0.4, -0.2) is 30.6 Å². The highest BCUT2D eigenvalue weighted by Crippen LogP contribution is 2.17. The van der Waals surface area contributed by atoms with Gasteiger partial charge in [0, 0.05) is 6.04 Å². The average Bonchev–Trinajstić information content (AvgIpc) is 3.00. The predicted octanol–water partition coefficient (Wildman–Crippen LogP) is 1.59. The van der Waals surface area contributed by atoms with E-state index in [-0.39, 0.29) is 11.8 Å². The van der Waals surface area contributed by atoms with E-state index in [1.165, 1.54) is 24.8 Å². The van der Waals surface area contributed by atoms with Gasteiger partial charge in [-0.05, 0) is 25.0 Å². The van der Waals surface area contributed by atoms with Gasteiger partial charge in [0.05, 0.1) is 6.26 Å². The molecule has 21 heavy (non-hydrogen) atoms. The van der Waals surface area contributed by atoms with Crippen LogP contribution < -0.4 is 10.6 Å². The number of ether oxygens (including phenoxy) is 1. The van der Waals surface area contributed by atoms with Crippen LogP contribution in [0.15, 0.2) is 22.8 Å². The highest BCUT2D eigenvalue weighted by molar-refractivity contribution is 5.96. The Morgan fingerprint density at radius 2 is 2.00 bits per heavy atom. The smallest absolute Gasteiger partial charge is 0.374 e. The molecule has 1 aromatic heterocycles. The van der Waals surface area contributed by atoms with E-state index in [0.717, 1.165) is 25.7 Å². The number of amides is 3. The third kappa shape index (κ3) is 4.94. The Morgan fingerprint density at radius 1 is 1.24 bits per heavy atom. The standard InChI is InChI=1S/C14H18N2O5/c17-12(9-21-13(18)11-7-4-8-20-11)16-14(19)15-10-5-2-1-3-6-10/h4,7-8,10H,1-3,5-6,9H2,(H2,15,16,17,19). The number of imide groups is 1. The minimum Gasteiger partial charge on any atom is -0.457 e. The number of hydrogen-bond donors (Lipinski definition) is 2. The molecule has 0 radical (unpaired) electrons. The Bertz CT molecular complexity index is 491. The maximum absolute atomic E-state index is 11.6. The summed E-state index contributed by atoms with van der Waals surface area (Å²) in [6, 6.07) is 2.52. The van der Waals surface area contributed by atoms with E-state index in [0.29, 0.717) is 0 Å². The van der Waals surface area contributed by atoms with Crippen molar-refractivity contribution in [2.24, 2.45) is 0 Å². The molecule has 0 atom stereocenters. The van der Waals surface area contributed by atoms with Crippen molar-refractivity contribution in [3.63, 3.8) is 0 Å². The van der Waals surface area contributed by atoms with Gasteiger partial charge in [-0.1, -0.05) is 19.3 Å². The lowest BCUT2D eigenvalue weighted by molar-refractivity contribution is -0.123. The molecule has 114 valence electrons. The van der Waals surface area contributed by atoms with Crippen LogP contribution in [0.2, 0.25) is 0 Å². The summed E-state index contributed by atoms with van der Waals surface area (Å²) in [7, 11) is 0. The largest absolute Gasteiger partial charge is 0.457 e. The maximum atomic E-state index is 11.6. The van der Waals surface area contributed by atoms with E-state index in [1.54, 1.807) is 0 Å². The van der Waals surface area contributed by atoms with Crippen LogP contribution in [0, 0.1) is 0 Å².